The number of hydrogen-bond acceptors (Lipinski definition) is 3. The van der Waals surface area contributed by atoms with Crippen molar-refractivity contribution in [1.82, 2.24) is 0 Å². The summed E-state index contributed by atoms with van der Waals surface area (Å²) in [6.07, 6.45) is 1.41. The van der Waals surface area contributed by atoms with E-state index in [1.807, 2.05) is 0 Å². The Morgan fingerprint density at radius 2 is 1.50 bits per heavy atom. The highest BCUT2D eigenvalue weighted by Gasteiger charge is 2.42. The highest BCUT2D eigenvalue weighted by atomic mass is 16.3. The third kappa shape index (κ3) is 1.12. The van der Waals surface area contributed by atoms with E-state index in [9.17, 15) is 5.11 Å². The molecule has 0 spiro atoms. The minimum absolute atomic E-state index is 0.00896. The molecule has 0 amide bonds. The van der Waals surface area contributed by atoms with Gasteiger partial charge in [0.1, 0.15) is 11.5 Å². The number of hydrogen-bond donors (Lipinski definition) is 3. The third-order valence-corrected chi connectivity index (χ3v) is 2.16. The predicted molar refractivity (Wildman–Crippen MR) is 42.9 cm³/mol. The van der Waals surface area contributed by atoms with Crippen LogP contribution in [0.4, 0.5) is 0 Å². The minimum Gasteiger partial charge on any atom is -0.508 e. The van der Waals surface area contributed by atoms with E-state index in [1.54, 1.807) is 0 Å². The summed E-state index contributed by atoms with van der Waals surface area (Å²) in [4.78, 5) is 0. The summed E-state index contributed by atoms with van der Waals surface area (Å²) in [6, 6.07) is 4.20. The van der Waals surface area contributed by atoms with Crippen LogP contribution in [0.5, 0.6) is 11.5 Å². The van der Waals surface area contributed by atoms with Crippen LogP contribution in [0.2, 0.25) is 0 Å². The molecule has 0 unspecified atom stereocenters. The first kappa shape index (κ1) is 7.43. The first-order chi connectivity index (χ1) is 5.60. The van der Waals surface area contributed by atoms with Crippen molar-refractivity contribution in [2.75, 3.05) is 0 Å². The average Bonchev–Trinajstić information content (AvgIpc) is 2.67. The highest BCUT2D eigenvalue weighted by Crippen LogP contribution is 2.46. The Labute approximate surface area is 69.9 Å². The molecule has 0 radical (unpaired) electrons. The molecular formula is C9H10O3. The summed E-state index contributed by atoms with van der Waals surface area (Å²) in [5.41, 5.74) is -0.198. The normalized spacial score (nSPS) is 19.1. The molecule has 0 aromatic heterocycles. The zero-order chi connectivity index (χ0) is 8.77. The molecule has 3 N–H and O–H groups in total. The van der Waals surface area contributed by atoms with Gasteiger partial charge in [-0.15, -0.1) is 0 Å². The van der Waals surface area contributed by atoms with Crippen LogP contribution in [0.15, 0.2) is 18.2 Å². The Morgan fingerprint density at radius 1 is 1.00 bits per heavy atom. The molecule has 1 aromatic rings. The SMILES string of the molecule is Oc1cc(O)cc(C2(O)CC2)c1. The molecule has 0 aliphatic heterocycles. The summed E-state index contributed by atoms with van der Waals surface area (Å²) in [6.45, 7) is 0. The monoisotopic (exact) mass is 166 g/mol. The van der Waals surface area contributed by atoms with Crippen molar-refractivity contribution in [3.8, 4) is 11.5 Å². The number of benzene rings is 1. The van der Waals surface area contributed by atoms with E-state index >= 15 is 0 Å². The summed E-state index contributed by atoms with van der Waals surface area (Å²) in [5.74, 6) is -0.0179. The highest BCUT2D eigenvalue weighted by molar-refractivity contribution is 5.41. The molecule has 1 aliphatic carbocycles. The number of aliphatic hydroxyl groups is 1. The van der Waals surface area contributed by atoms with Gasteiger partial charge in [-0.1, -0.05) is 0 Å². The maximum absolute atomic E-state index is 9.63. The first-order valence-electron chi connectivity index (χ1n) is 3.86. The van der Waals surface area contributed by atoms with Gasteiger partial charge in [-0.05, 0) is 30.5 Å². The second kappa shape index (κ2) is 2.14. The van der Waals surface area contributed by atoms with Crippen LogP contribution in [0.3, 0.4) is 0 Å². The molecule has 1 fully saturated rings. The number of phenolic OH excluding ortho intramolecular Hbond substituents is 2. The number of rotatable bonds is 1. The fourth-order valence-corrected chi connectivity index (χ4v) is 1.27. The zero-order valence-corrected chi connectivity index (χ0v) is 6.49. The summed E-state index contributed by atoms with van der Waals surface area (Å²) >= 11 is 0. The fraction of sp³-hybridized carbons (Fsp3) is 0.333. The van der Waals surface area contributed by atoms with Gasteiger partial charge in [-0.2, -0.15) is 0 Å². The Balaban J connectivity index is 2.44. The molecule has 0 saturated heterocycles. The molecule has 0 heterocycles. The van der Waals surface area contributed by atoms with Crippen LogP contribution >= 0.6 is 0 Å². The van der Waals surface area contributed by atoms with Gasteiger partial charge in [-0.3, -0.25) is 0 Å². The van der Waals surface area contributed by atoms with Crippen molar-refractivity contribution >= 4 is 0 Å². The van der Waals surface area contributed by atoms with Crippen LogP contribution in [0.25, 0.3) is 0 Å². The van der Waals surface area contributed by atoms with Crippen molar-refractivity contribution < 1.29 is 15.3 Å². The minimum atomic E-state index is -0.795. The molecule has 3 nitrogen and oxygen atoms in total. The molecule has 2 rings (SSSR count). The molecule has 3 heteroatoms. The van der Waals surface area contributed by atoms with Crippen LogP contribution in [-0.2, 0) is 5.60 Å². The molecular weight excluding hydrogens is 156 g/mol. The molecule has 64 valence electrons. The van der Waals surface area contributed by atoms with Gasteiger partial charge >= 0.3 is 0 Å². The van der Waals surface area contributed by atoms with E-state index < -0.39 is 5.60 Å². The van der Waals surface area contributed by atoms with Crippen molar-refractivity contribution in [2.45, 2.75) is 18.4 Å². The lowest BCUT2D eigenvalue weighted by Gasteiger charge is -2.08. The third-order valence-electron chi connectivity index (χ3n) is 2.16. The summed E-state index contributed by atoms with van der Waals surface area (Å²) < 4.78 is 0. The van der Waals surface area contributed by atoms with Crippen LogP contribution in [0.1, 0.15) is 18.4 Å². The van der Waals surface area contributed by atoms with Crippen molar-refractivity contribution in [2.24, 2.45) is 0 Å². The average molecular weight is 166 g/mol. The quantitative estimate of drug-likeness (QED) is 0.585. The van der Waals surface area contributed by atoms with Gasteiger partial charge in [0.05, 0.1) is 5.60 Å². The lowest BCUT2D eigenvalue weighted by molar-refractivity contribution is 0.151. The van der Waals surface area contributed by atoms with Crippen molar-refractivity contribution in [3.63, 3.8) is 0 Å². The van der Waals surface area contributed by atoms with E-state index in [0.29, 0.717) is 18.4 Å². The van der Waals surface area contributed by atoms with Gasteiger partial charge < -0.3 is 15.3 Å². The lowest BCUT2D eigenvalue weighted by Crippen LogP contribution is -2.03. The van der Waals surface area contributed by atoms with Gasteiger partial charge in [0.2, 0.25) is 0 Å². The van der Waals surface area contributed by atoms with E-state index in [1.165, 1.54) is 18.2 Å². The Morgan fingerprint density at radius 3 is 1.92 bits per heavy atom. The number of aromatic hydroxyl groups is 2. The van der Waals surface area contributed by atoms with Gasteiger partial charge in [0, 0.05) is 6.07 Å². The van der Waals surface area contributed by atoms with E-state index in [2.05, 4.69) is 0 Å². The largest absolute Gasteiger partial charge is 0.508 e. The standard InChI is InChI=1S/C9H10O3/c10-7-3-6(4-8(11)5-7)9(12)1-2-9/h3-5,10-12H,1-2H2. The van der Waals surface area contributed by atoms with Gasteiger partial charge in [0.25, 0.3) is 0 Å². The molecule has 0 atom stereocenters. The lowest BCUT2D eigenvalue weighted by atomic mass is 10.1. The number of phenols is 2. The Hall–Kier alpha value is -1.22. The van der Waals surface area contributed by atoms with Crippen molar-refractivity contribution in [3.05, 3.63) is 23.8 Å². The topological polar surface area (TPSA) is 60.7 Å². The maximum Gasteiger partial charge on any atom is 0.119 e. The van der Waals surface area contributed by atoms with Gasteiger partial charge in [0.15, 0.2) is 0 Å². The summed E-state index contributed by atoms with van der Waals surface area (Å²) in [5, 5.41) is 27.9. The second-order valence-corrected chi connectivity index (χ2v) is 3.27. The molecule has 0 bridgehead atoms. The maximum atomic E-state index is 9.63. The van der Waals surface area contributed by atoms with E-state index in [-0.39, 0.29) is 11.5 Å². The zero-order valence-electron chi connectivity index (χ0n) is 6.49. The predicted octanol–water partition coefficient (Wildman–Crippen LogP) is 1.08. The van der Waals surface area contributed by atoms with Crippen LogP contribution in [0, 0.1) is 0 Å². The first-order valence-corrected chi connectivity index (χ1v) is 3.86. The van der Waals surface area contributed by atoms with Crippen molar-refractivity contribution in [1.29, 1.82) is 0 Å². The smallest absolute Gasteiger partial charge is 0.119 e. The Bertz CT molecular complexity index is 295. The van der Waals surface area contributed by atoms with E-state index in [0.717, 1.165) is 0 Å². The van der Waals surface area contributed by atoms with E-state index in [4.69, 9.17) is 10.2 Å². The van der Waals surface area contributed by atoms with Crippen LogP contribution in [-0.4, -0.2) is 15.3 Å². The van der Waals surface area contributed by atoms with Crippen LogP contribution < -0.4 is 0 Å². The summed E-state index contributed by atoms with van der Waals surface area (Å²) in [7, 11) is 0. The molecule has 12 heavy (non-hydrogen) atoms. The fourth-order valence-electron chi connectivity index (χ4n) is 1.27. The molecule has 1 saturated carbocycles. The Kier molecular flexibility index (Phi) is 1.32. The molecule has 1 aromatic carbocycles. The van der Waals surface area contributed by atoms with Gasteiger partial charge in [-0.25, -0.2) is 0 Å². The molecule has 1 aliphatic rings. The second-order valence-electron chi connectivity index (χ2n) is 3.27.